The Labute approximate surface area is 133 Å². The van der Waals surface area contributed by atoms with Gasteiger partial charge in [0.15, 0.2) is 5.78 Å². The van der Waals surface area contributed by atoms with Gasteiger partial charge in [0.1, 0.15) is 0 Å². The first-order valence-corrected chi connectivity index (χ1v) is 8.16. The van der Waals surface area contributed by atoms with E-state index in [9.17, 15) is 4.79 Å². The molecule has 0 bridgehead atoms. The van der Waals surface area contributed by atoms with Gasteiger partial charge in [0.25, 0.3) is 0 Å². The van der Waals surface area contributed by atoms with E-state index in [1.807, 2.05) is 53.9 Å². The van der Waals surface area contributed by atoms with E-state index >= 15 is 0 Å². The van der Waals surface area contributed by atoms with Gasteiger partial charge >= 0.3 is 0 Å². The third-order valence-corrected chi connectivity index (χ3v) is 4.88. The fraction of sp³-hybridized carbons (Fsp3) is 0.0500. The molecule has 3 aromatic rings. The summed E-state index contributed by atoms with van der Waals surface area (Å²) in [7, 11) is 0. The SMILES string of the molecule is O=C1/C(=C\c2cccs2)C(c2ccccc2)c2ccccc21. The molecule has 2 heteroatoms. The molecule has 22 heavy (non-hydrogen) atoms. The highest BCUT2D eigenvalue weighted by atomic mass is 32.1. The van der Waals surface area contributed by atoms with E-state index in [2.05, 4.69) is 24.3 Å². The summed E-state index contributed by atoms with van der Waals surface area (Å²) in [4.78, 5) is 14.0. The first kappa shape index (κ1) is 13.2. The average molecular weight is 302 g/mol. The van der Waals surface area contributed by atoms with Gasteiger partial charge in [-0.05, 0) is 28.6 Å². The first-order chi connectivity index (χ1) is 10.8. The third kappa shape index (κ3) is 2.13. The van der Waals surface area contributed by atoms with Gasteiger partial charge in [-0.25, -0.2) is 0 Å². The standard InChI is InChI=1S/C20H14OS/c21-20-17-11-5-4-10-16(17)19(14-7-2-1-3-8-14)18(20)13-15-9-6-12-22-15/h1-13,19H/b18-13-. The zero-order valence-electron chi connectivity index (χ0n) is 11.9. The molecular formula is C20H14OS. The second-order valence-electron chi connectivity index (χ2n) is 5.38. The number of carbonyl (C=O) groups is 1. The van der Waals surface area contributed by atoms with Gasteiger partial charge in [0.2, 0.25) is 0 Å². The summed E-state index contributed by atoms with van der Waals surface area (Å²) in [5, 5.41) is 2.04. The normalized spacial score (nSPS) is 18.6. The minimum absolute atomic E-state index is 0.0343. The zero-order chi connectivity index (χ0) is 14.9. The van der Waals surface area contributed by atoms with Crippen LogP contribution in [-0.2, 0) is 0 Å². The van der Waals surface area contributed by atoms with E-state index in [0.29, 0.717) is 0 Å². The summed E-state index contributed by atoms with van der Waals surface area (Å²) in [6.07, 6.45) is 2.05. The molecule has 1 nitrogen and oxygen atoms in total. The molecule has 0 spiro atoms. The van der Waals surface area contributed by atoms with Crippen LogP contribution in [0.4, 0.5) is 0 Å². The molecule has 0 aliphatic heterocycles. The van der Waals surface area contributed by atoms with Crippen molar-refractivity contribution in [3.63, 3.8) is 0 Å². The molecule has 0 N–H and O–H groups in total. The second kappa shape index (κ2) is 5.39. The van der Waals surface area contributed by atoms with Crippen LogP contribution in [0.1, 0.15) is 32.3 Å². The number of allylic oxidation sites excluding steroid dienone is 1. The number of thiophene rings is 1. The van der Waals surface area contributed by atoms with Crippen molar-refractivity contribution >= 4 is 23.2 Å². The van der Waals surface area contributed by atoms with Crippen LogP contribution < -0.4 is 0 Å². The Bertz CT molecular complexity index is 844. The Kier molecular flexibility index (Phi) is 3.24. The van der Waals surface area contributed by atoms with Crippen LogP contribution >= 0.6 is 11.3 Å². The van der Waals surface area contributed by atoms with E-state index < -0.39 is 0 Å². The van der Waals surface area contributed by atoms with E-state index in [4.69, 9.17) is 0 Å². The number of hydrogen-bond acceptors (Lipinski definition) is 2. The fourth-order valence-corrected chi connectivity index (χ4v) is 3.76. The van der Waals surface area contributed by atoms with Crippen LogP contribution in [0.2, 0.25) is 0 Å². The topological polar surface area (TPSA) is 17.1 Å². The number of benzene rings is 2. The molecule has 4 rings (SSSR count). The Morgan fingerprint density at radius 2 is 1.64 bits per heavy atom. The lowest BCUT2D eigenvalue weighted by atomic mass is 9.89. The van der Waals surface area contributed by atoms with Gasteiger partial charge in [-0.1, -0.05) is 60.7 Å². The first-order valence-electron chi connectivity index (χ1n) is 7.28. The fourth-order valence-electron chi connectivity index (χ4n) is 3.09. The van der Waals surface area contributed by atoms with Crippen molar-refractivity contribution in [1.82, 2.24) is 0 Å². The van der Waals surface area contributed by atoms with Crippen molar-refractivity contribution in [1.29, 1.82) is 0 Å². The minimum atomic E-state index is 0.0343. The van der Waals surface area contributed by atoms with Crippen molar-refractivity contribution in [3.05, 3.63) is 99.3 Å². The predicted molar refractivity (Wildman–Crippen MR) is 91.4 cm³/mol. The van der Waals surface area contributed by atoms with E-state index in [1.165, 1.54) is 5.56 Å². The van der Waals surface area contributed by atoms with Gasteiger partial charge in [0.05, 0.1) is 0 Å². The highest BCUT2D eigenvalue weighted by Gasteiger charge is 2.35. The molecule has 1 atom stereocenters. The summed E-state index contributed by atoms with van der Waals surface area (Å²) in [5.41, 5.74) is 3.99. The number of ketones is 1. The molecule has 2 aromatic carbocycles. The lowest BCUT2D eigenvalue weighted by Crippen LogP contribution is -2.01. The van der Waals surface area contributed by atoms with Crippen LogP contribution in [0.15, 0.2) is 77.7 Å². The van der Waals surface area contributed by atoms with E-state index in [1.54, 1.807) is 11.3 Å². The second-order valence-corrected chi connectivity index (χ2v) is 6.35. The summed E-state index contributed by atoms with van der Waals surface area (Å²) in [5.74, 6) is 0.185. The molecule has 0 radical (unpaired) electrons. The van der Waals surface area contributed by atoms with Crippen LogP contribution in [0.5, 0.6) is 0 Å². The zero-order valence-corrected chi connectivity index (χ0v) is 12.7. The Hall–Kier alpha value is -2.45. The molecule has 0 saturated carbocycles. The molecular weight excluding hydrogens is 288 g/mol. The van der Waals surface area contributed by atoms with Crippen LogP contribution in [-0.4, -0.2) is 5.78 Å². The van der Waals surface area contributed by atoms with Crippen LogP contribution in [0.3, 0.4) is 0 Å². The molecule has 1 unspecified atom stereocenters. The molecule has 1 heterocycles. The molecule has 1 aliphatic carbocycles. The average Bonchev–Trinajstić information content (AvgIpc) is 3.17. The summed E-state index contributed by atoms with van der Waals surface area (Å²) in [6, 6.07) is 22.3. The summed E-state index contributed by atoms with van der Waals surface area (Å²) < 4.78 is 0. The predicted octanol–water partition coefficient (Wildman–Crippen LogP) is 5.16. The van der Waals surface area contributed by atoms with Crippen molar-refractivity contribution < 1.29 is 4.79 Å². The monoisotopic (exact) mass is 302 g/mol. The van der Waals surface area contributed by atoms with Gasteiger partial charge < -0.3 is 0 Å². The molecule has 0 fully saturated rings. The quantitative estimate of drug-likeness (QED) is 0.598. The Morgan fingerprint density at radius 1 is 0.864 bits per heavy atom. The summed E-state index contributed by atoms with van der Waals surface area (Å²) in [6.45, 7) is 0. The molecule has 106 valence electrons. The van der Waals surface area contributed by atoms with Gasteiger partial charge in [0, 0.05) is 21.9 Å². The highest BCUT2D eigenvalue weighted by Crippen LogP contribution is 2.42. The van der Waals surface area contributed by atoms with Gasteiger partial charge in [-0.2, -0.15) is 0 Å². The van der Waals surface area contributed by atoms with Crippen molar-refractivity contribution in [2.75, 3.05) is 0 Å². The minimum Gasteiger partial charge on any atom is -0.289 e. The van der Waals surface area contributed by atoms with Gasteiger partial charge in [-0.15, -0.1) is 11.3 Å². The molecule has 1 aromatic heterocycles. The van der Waals surface area contributed by atoms with Crippen molar-refractivity contribution in [3.8, 4) is 0 Å². The highest BCUT2D eigenvalue weighted by molar-refractivity contribution is 7.10. The number of rotatable bonds is 2. The Balaban J connectivity index is 1.92. The Morgan fingerprint density at radius 3 is 2.41 bits per heavy atom. The maximum Gasteiger partial charge on any atom is 0.190 e. The lowest BCUT2D eigenvalue weighted by Gasteiger charge is -2.13. The number of fused-ring (bicyclic) bond motifs is 1. The van der Waals surface area contributed by atoms with Crippen molar-refractivity contribution in [2.45, 2.75) is 5.92 Å². The van der Waals surface area contributed by atoms with E-state index in [-0.39, 0.29) is 11.7 Å². The largest absolute Gasteiger partial charge is 0.289 e. The molecule has 0 saturated heterocycles. The maximum atomic E-state index is 12.8. The van der Waals surface area contributed by atoms with E-state index in [0.717, 1.165) is 21.6 Å². The summed E-state index contributed by atoms with van der Waals surface area (Å²) >= 11 is 1.66. The van der Waals surface area contributed by atoms with Gasteiger partial charge in [-0.3, -0.25) is 4.79 Å². The van der Waals surface area contributed by atoms with Crippen LogP contribution in [0.25, 0.3) is 6.08 Å². The molecule has 0 amide bonds. The smallest absolute Gasteiger partial charge is 0.190 e. The third-order valence-electron chi connectivity index (χ3n) is 4.06. The van der Waals surface area contributed by atoms with Crippen molar-refractivity contribution in [2.24, 2.45) is 0 Å². The number of Topliss-reactive ketones (excluding diaryl/α,β-unsaturated/α-hetero) is 1. The molecule has 1 aliphatic rings. The maximum absolute atomic E-state index is 12.8. The number of hydrogen-bond donors (Lipinski definition) is 0. The van der Waals surface area contributed by atoms with Crippen LogP contribution in [0, 0.1) is 0 Å². The lowest BCUT2D eigenvalue weighted by molar-refractivity contribution is 0.103. The number of carbonyl (C=O) groups excluding carboxylic acids is 1.